The number of likely N-dealkylation sites (tertiary alicyclic amines) is 1. The summed E-state index contributed by atoms with van der Waals surface area (Å²) in [5.41, 5.74) is 1.80. The van der Waals surface area contributed by atoms with Gasteiger partial charge in [0.15, 0.2) is 0 Å². The lowest BCUT2D eigenvalue weighted by Crippen LogP contribution is -2.32. The number of aryl methyl sites for hydroxylation is 1. The monoisotopic (exact) mass is 288 g/mol. The maximum Gasteiger partial charge on any atom is 0.229 e. The van der Waals surface area contributed by atoms with E-state index < -0.39 is 0 Å². The smallest absolute Gasteiger partial charge is 0.229 e. The Morgan fingerprint density at radius 1 is 1.55 bits per heavy atom. The van der Waals surface area contributed by atoms with E-state index in [1.807, 2.05) is 23.3 Å². The first kappa shape index (κ1) is 13.2. The van der Waals surface area contributed by atoms with Gasteiger partial charge in [0.05, 0.1) is 28.9 Å². The highest BCUT2D eigenvalue weighted by molar-refractivity contribution is 7.09. The molecular formula is C14H16N4OS. The van der Waals surface area contributed by atoms with E-state index in [1.54, 1.807) is 23.9 Å². The lowest BCUT2D eigenvalue weighted by molar-refractivity contribution is -0.131. The molecule has 0 radical (unpaired) electrons. The zero-order valence-electron chi connectivity index (χ0n) is 11.3. The second-order valence-electron chi connectivity index (χ2n) is 4.91. The summed E-state index contributed by atoms with van der Waals surface area (Å²) in [5.74, 6) is 0.136. The average molecular weight is 288 g/mol. The van der Waals surface area contributed by atoms with E-state index in [0.717, 1.165) is 35.8 Å². The fraction of sp³-hybridized carbons (Fsp3) is 0.429. The highest BCUT2D eigenvalue weighted by Gasteiger charge is 2.30. The number of carbonyl (C=O) groups is 1. The molecule has 1 atom stereocenters. The molecule has 2 aromatic heterocycles. The number of hydrogen-bond acceptors (Lipinski definition) is 5. The van der Waals surface area contributed by atoms with E-state index >= 15 is 0 Å². The molecular weight excluding hydrogens is 272 g/mol. The second-order valence-corrected chi connectivity index (χ2v) is 5.98. The van der Waals surface area contributed by atoms with Crippen molar-refractivity contribution in [3.8, 4) is 0 Å². The van der Waals surface area contributed by atoms with Gasteiger partial charge in [-0.2, -0.15) is 0 Å². The molecule has 0 saturated carbocycles. The Labute approximate surface area is 121 Å². The lowest BCUT2D eigenvalue weighted by Gasteiger charge is -2.23. The normalized spacial score (nSPS) is 18.4. The van der Waals surface area contributed by atoms with Crippen LogP contribution in [0.25, 0.3) is 0 Å². The molecule has 6 heteroatoms. The third-order valence-corrected chi connectivity index (χ3v) is 4.34. The van der Waals surface area contributed by atoms with Crippen molar-refractivity contribution < 1.29 is 4.79 Å². The predicted octanol–water partition coefficient (Wildman–Crippen LogP) is 2.15. The number of carbonyl (C=O) groups excluding carboxylic acids is 1. The van der Waals surface area contributed by atoms with Gasteiger partial charge in [-0.3, -0.25) is 4.79 Å². The van der Waals surface area contributed by atoms with Gasteiger partial charge in [-0.25, -0.2) is 15.0 Å². The summed E-state index contributed by atoms with van der Waals surface area (Å²) in [6.45, 7) is 2.76. The highest BCUT2D eigenvalue weighted by Crippen LogP contribution is 2.30. The summed E-state index contributed by atoms with van der Waals surface area (Å²) in [7, 11) is 0. The first-order valence-corrected chi connectivity index (χ1v) is 7.58. The summed E-state index contributed by atoms with van der Waals surface area (Å²) >= 11 is 1.58. The van der Waals surface area contributed by atoms with Crippen LogP contribution < -0.4 is 0 Å². The van der Waals surface area contributed by atoms with Crippen LogP contribution in [0.15, 0.2) is 24.0 Å². The van der Waals surface area contributed by atoms with Crippen LogP contribution in [0.1, 0.15) is 35.3 Å². The molecule has 1 saturated heterocycles. The molecule has 0 N–H and O–H groups in total. The van der Waals surface area contributed by atoms with E-state index in [9.17, 15) is 4.79 Å². The van der Waals surface area contributed by atoms with Gasteiger partial charge < -0.3 is 4.90 Å². The van der Waals surface area contributed by atoms with Gasteiger partial charge in [0.25, 0.3) is 0 Å². The predicted molar refractivity (Wildman–Crippen MR) is 76.3 cm³/mol. The van der Waals surface area contributed by atoms with Gasteiger partial charge in [0.2, 0.25) is 5.91 Å². The SMILES string of the molecule is Cc1nc(CC(=O)N2CCC[C@H]2c2ccncn2)cs1. The van der Waals surface area contributed by atoms with E-state index in [4.69, 9.17) is 0 Å². The number of rotatable bonds is 3. The zero-order valence-corrected chi connectivity index (χ0v) is 12.1. The maximum absolute atomic E-state index is 12.5. The Hall–Kier alpha value is -1.82. The molecule has 3 rings (SSSR count). The van der Waals surface area contributed by atoms with Crippen molar-refractivity contribution in [1.82, 2.24) is 19.9 Å². The van der Waals surface area contributed by atoms with Crippen LogP contribution in [0.5, 0.6) is 0 Å². The molecule has 20 heavy (non-hydrogen) atoms. The van der Waals surface area contributed by atoms with Crippen molar-refractivity contribution in [1.29, 1.82) is 0 Å². The third-order valence-electron chi connectivity index (χ3n) is 3.52. The Kier molecular flexibility index (Phi) is 3.73. The Bertz CT molecular complexity index is 598. The molecule has 2 aromatic rings. The molecule has 0 aliphatic carbocycles. The topological polar surface area (TPSA) is 59.0 Å². The summed E-state index contributed by atoms with van der Waals surface area (Å²) in [5, 5.41) is 2.96. The minimum atomic E-state index is 0.0882. The van der Waals surface area contributed by atoms with Crippen LogP contribution in [0.3, 0.4) is 0 Å². The molecule has 1 fully saturated rings. The molecule has 3 heterocycles. The fourth-order valence-corrected chi connectivity index (χ4v) is 3.23. The number of thiazole rings is 1. The van der Waals surface area contributed by atoms with E-state index in [2.05, 4.69) is 15.0 Å². The second kappa shape index (κ2) is 5.66. The maximum atomic E-state index is 12.5. The standard InChI is InChI=1S/C14H16N4OS/c1-10-17-11(8-20-10)7-14(19)18-6-2-3-13(18)12-4-5-15-9-16-12/h4-5,8-9,13H,2-3,6-7H2,1H3/t13-/m0/s1. The lowest BCUT2D eigenvalue weighted by atomic mass is 10.1. The Balaban J connectivity index is 1.73. The van der Waals surface area contributed by atoms with Crippen LogP contribution in [-0.4, -0.2) is 32.3 Å². The van der Waals surface area contributed by atoms with Crippen molar-refractivity contribution >= 4 is 17.2 Å². The first-order valence-electron chi connectivity index (χ1n) is 6.70. The van der Waals surface area contributed by atoms with Crippen LogP contribution in [0.2, 0.25) is 0 Å². The minimum absolute atomic E-state index is 0.0882. The number of hydrogen-bond donors (Lipinski definition) is 0. The summed E-state index contributed by atoms with van der Waals surface area (Å²) in [6.07, 6.45) is 5.65. The Morgan fingerprint density at radius 3 is 3.15 bits per heavy atom. The van der Waals surface area contributed by atoms with Crippen molar-refractivity contribution in [3.63, 3.8) is 0 Å². The molecule has 5 nitrogen and oxygen atoms in total. The van der Waals surface area contributed by atoms with Gasteiger partial charge in [-0.1, -0.05) is 0 Å². The number of nitrogens with zero attached hydrogens (tertiary/aromatic N) is 4. The largest absolute Gasteiger partial charge is 0.334 e. The van der Waals surface area contributed by atoms with Crippen molar-refractivity contribution in [2.75, 3.05) is 6.54 Å². The quantitative estimate of drug-likeness (QED) is 0.868. The van der Waals surface area contributed by atoms with Crippen molar-refractivity contribution in [2.45, 2.75) is 32.2 Å². The van der Waals surface area contributed by atoms with Crippen LogP contribution in [0.4, 0.5) is 0 Å². The fourth-order valence-electron chi connectivity index (χ4n) is 2.62. The van der Waals surface area contributed by atoms with Crippen molar-refractivity contribution in [2.24, 2.45) is 0 Å². The molecule has 0 bridgehead atoms. The summed E-state index contributed by atoms with van der Waals surface area (Å²) in [4.78, 5) is 27.0. The van der Waals surface area contributed by atoms with Gasteiger partial charge >= 0.3 is 0 Å². The van der Waals surface area contributed by atoms with E-state index in [0.29, 0.717) is 6.42 Å². The number of aromatic nitrogens is 3. The molecule has 0 unspecified atom stereocenters. The van der Waals surface area contributed by atoms with Crippen LogP contribution in [-0.2, 0) is 11.2 Å². The Morgan fingerprint density at radius 2 is 2.45 bits per heavy atom. The molecule has 1 aliphatic rings. The average Bonchev–Trinajstić information content (AvgIpc) is 3.09. The molecule has 1 aliphatic heterocycles. The van der Waals surface area contributed by atoms with Gasteiger partial charge in [0, 0.05) is 18.1 Å². The van der Waals surface area contributed by atoms with E-state index in [-0.39, 0.29) is 11.9 Å². The van der Waals surface area contributed by atoms with E-state index in [1.165, 1.54) is 0 Å². The minimum Gasteiger partial charge on any atom is -0.334 e. The molecule has 0 spiro atoms. The van der Waals surface area contributed by atoms with Crippen LogP contribution >= 0.6 is 11.3 Å². The molecule has 0 aromatic carbocycles. The third kappa shape index (κ3) is 2.70. The number of amides is 1. The van der Waals surface area contributed by atoms with Gasteiger partial charge in [-0.15, -0.1) is 11.3 Å². The summed E-state index contributed by atoms with van der Waals surface area (Å²) < 4.78 is 0. The zero-order chi connectivity index (χ0) is 13.9. The van der Waals surface area contributed by atoms with Crippen LogP contribution in [0, 0.1) is 6.92 Å². The first-order chi connectivity index (χ1) is 9.74. The highest BCUT2D eigenvalue weighted by atomic mass is 32.1. The molecule has 1 amide bonds. The summed E-state index contributed by atoms with van der Waals surface area (Å²) in [6, 6.07) is 1.98. The van der Waals surface area contributed by atoms with Gasteiger partial charge in [0.1, 0.15) is 6.33 Å². The van der Waals surface area contributed by atoms with Gasteiger partial charge in [-0.05, 0) is 25.8 Å². The van der Waals surface area contributed by atoms with Crippen molar-refractivity contribution in [3.05, 3.63) is 40.4 Å². The molecule has 104 valence electrons.